The van der Waals surface area contributed by atoms with Crippen LogP contribution in [0, 0.1) is 5.92 Å². The normalized spacial score (nSPS) is 21.5. The minimum Gasteiger partial charge on any atom is -0.492 e. The van der Waals surface area contributed by atoms with Crippen molar-refractivity contribution in [3.8, 4) is 23.0 Å². The first-order valence-electron chi connectivity index (χ1n) is 6.91. The van der Waals surface area contributed by atoms with E-state index in [4.69, 9.17) is 29.6 Å². The van der Waals surface area contributed by atoms with Gasteiger partial charge in [-0.25, -0.2) is 5.84 Å². The maximum Gasteiger partial charge on any atom is 0.283 e. The number of nitrogens with two attached hydrogens (primary N) is 1. The molecule has 124 valence electrons. The van der Waals surface area contributed by atoms with Crippen LogP contribution in [0.1, 0.15) is 18.6 Å². The number of carbonyl (C=O) groups excluding carboxylic acids is 1. The zero-order chi connectivity index (χ0) is 16.6. The summed E-state index contributed by atoms with van der Waals surface area (Å²) in [7, 11) is 3.02. The summed E-state index contributed by atoms with van der Waals surface area (Å²) >= 11 is 0. The van der Waals surface area contributed by atoms with E-state index in [1.807, 2.05) is 6.92 Å². The average Bonchev–Trinajstić information content (AvgIpc) is 3.18. The molecule has 0 aromatic heterocycles. The molecule has 9 nitrogen and oxygen atoms in total. The van der Waals surface area contributed by atoms with Crippen molar-refractivity contribution in [2.45, 2.75) is 13.0 Å². The number of hydrogen-bond acceptors (Lipinski definition) is 8. The number of nitrogens with one attached hydrogen (secondary N) is 1. The van der Waals surface area contributed by atoms with Crippen molar-refractivity contribution in [1.82, 2.24) is 5.43 Å². The Hall–Kier alpha value is -2.68. The second kappa shape index (κ2) is 5.84. The van der Waals surface area contributed by atoms with Gasteiger partial charge in [-0.2, -0.15) is 0 Å². The quantitative estimate of drug-likeness (QED) is 0.471. The van der Waals surface area contributed by atoms with Gasteiger partial charge < -0.3 is 23.8 Å². The number of amides is 1. The lowest BCUT2D eigenvalue weighted by molar-refractivity contribution is -0.115. The zero-order valence-electron chi connectivity index (χ0n) is 12.9. The van der Waals surface area contributed by atoms with E-state index in [2.05, 4.69) is 10.6 Å². The van der Waals surface area contributed by atoms with Crippen molar-refractivity contribution < 1.29 is 28.6 Å². The summed E-state index contributed by atoms with van der Waals surface area (Å²) in [5, 5.41) is 3.83. The molecule has 0 saturated heterocycles. The lowest BCUT2D eigenvalue weighted by Gasteiger charge is -2.20. The highest BCUT2D eigenvalue weighted by Crippen LogP contribution is 2.52. The van der Waals surface area contributed by atoms with Crippen molar-refractivity contribution in [3.63, 3.8) is 0 Å². The Kier molecular flexibility index (Phi) is 3.87. The number of oxime groups is 1. The number of hydrazine groups is 1. The number of hydrogen-bond donors (Lipinski definition) is 2. The van der Waals surface area contributed by atoms with Crippen LogP contribution in [0.2, 0.25) is 0 Å². The lowest BCUT2D eigenvalue weighted by atomic mass is 9.92. The molecule has 2 heterocycles. The van der Waals surface area contributed by atoms with Crippen molar-refractivity contribution >= 4 is 11.6 Å². The molecule has 0 fully saturated rings. The molecule has 0 bridgehead atoms. The topological polar surface area (TPSA) is 114 Å². The molecular formula is C14H17N3O6. The van der Waals surface area contributed by atoms with E-state index in [1.54, 1.807) is 6.07 Å². The third-order valence-electron chi connectivity index (χ3n) is 3.83. The van der Waals surface area contributed by atoms with Gasteiger partial charge in [0, 0.05) is 5.56 Å². The van der Waals surface area contributed by atoms with Gasteiger partial charge in [-0.05, 0) is 6.07 Å². The largest absolute Gasteiger partial charge is 0.492 e. The first kappa shape index (κ1) is 15.2. The molecule has 1 aromatic carbocycles. The van der Waals surface area contributed by atoms with Crippen LogP contribution in [0.3, 0.4) is 0 Å². The molecule has 1 amide bonds. The Morgan fingerprint density at radius 2 is 2.09 bits per heavy atom. The smallest absolute Gasteiger partial charge is 0.283 e. The number of methoxy groups -OCH3 is 2. The van der Waals surface area contributed by atoms with Crippen LogP contribution in [0.15, 0.2) is 11.2 Å². The van der Waals surface area contributed by atoms with Gasteiger partial charge >= 0.3 is 0 Å². The highest BCUT2D eigenvalue weighted by atomic mass is 16.7. The third-order valence-corrected chi connectivity index (χ3v) is 3.83. The van der Waals surface area contributed by atoms with Crippen LogP contribution >= 0.6 is 0 Å². The summed E-state index contributed by atoms with van der Waals surface area (Å²) in [6.45, 7) is 1.90. The van der Waals surface area contributed by atoms with Gasteiger partial charge in [-0.3, -0.25) is 10.2 Å². The van der Waals surface area contributed by atoms with Crippen LogP contribution in [0.25, 0.3) is 0 Å². The monoisotopic (exact) mass is 323 g/mol. The summed E-state index contributed by atoms with van der Waals surface area (Å²) in [5.74, 6) is 6.17. The molecule has 3 rings (SSSR count). The molecule has 23 heavy (non-hydrogen) atoms. The number of benzene rings is 1. The Bertz CT molecular complexity index is 675. The SMILES string of the molecule is COc1c([C@@H]2ON=C(C(=O)NN)[C@H]2C)cc2c(c1OC)OCO2. The van der Waals surface area contributed by atoms with Crippen molar-refractivity contribution in [2.75, 3.05) is 21.0 Å². The number of ether oxygens (including phenoxy) is 4. The standard InChI is InChI=1S/C14H17N3O6/c1-6-9(14(18)16-15)17-23-10(6)7-4-8-12(22-5-21-8)13(20-3)11(7)19-2/h4,6,10H,5,15H2,1-3H3,(H,16,18)/t6-,10-/m1/s1. The molecule has 9 heteroatoms. The van der Waals surface area contributed by atoms with Crippen LogP contribution in [0.4, 0.5) is 0 Å². The van der Waals surface area contributed by atoms with Crippen molar-refractivity contribution in [1.29, 1.82) is 0 Å². The van der Waals surface area contributed by atoms with Gasteiger partial charge in [0.25, 0.3) is 5.91 Å². The van der Waals surface area contributed by atoms with E-state index in [0.717, 1.165) is 0 Å². The fourth-order valence-electron chi connectivity index (χ4n) is 2.70. The molecular weight excluding hydrogens is 306 g/mol. The van der Waals surface area contributed by atoms with E-state index < -0.39 is 12.0 Å². The van der Waals surface area contributed by atoms with Crippen LogP contribution < -0.4 is 30.2 Å². The molecule has 0 radical (unpaired) electrons. The van der Waals surface area contributed by atoms with Crippen molar-refractivity contribution in [3.05, 3.63) is 11.6 Å². The molecule has 1 aromatic rings. The second-order valence-electron chi connectivity index (χ2n) is 5.03. The fraction of sp³-hybridized carbons (Fsp3) is 0.429. The predicted molar refractivity (Wildman–Crippen MR) is 78.4 cm³/mol. The first-order chi connectivity index (χ1) is 11.1. The fourth-order valence-corrected chi connectivity index (χ4v) is 2.70. The summed E-state index contributed by atoms with van der Waals surface area (Å²) in [5.41, 5.74) is 2.90. The van der Waals surface area contributed by atoms with E-state index >= 15 is 0 Å². The van der Waals surface area contributed by atoms with Gasteiger partial charge in [0.15, 0.2) is 23.3 Å². The van der Waals surface area contributed by atoms with E-state index in [-0.39, 0.29) is 18.4 Å². The Morgan fingerprint density at radius 1 is 1.35 bits per heavy atom. The molecule has 0 unspecified atom stereocenters. The zero-order valence-corrected chi connectivity index (χ0v) is 12.9. The Morgan fingerprint density at radius 3 is 2.74 bits per heavy atom. The highest BCUT2D eigenvalue weighted by Gasteiger charge is 2.40. The molecule has 3 N–H and O–H groups in total. The summed E-state index contributed by atoms with van der Waals surface area (Å²) < 4.78 is 21.7. The molecule has 2 atom stereocenters. The van der Waals surface area contributed by atoms with Crippen LogP contribution in [-0.4, -0.2) is 32.6 Å². The van der Waals surface area contributed by atoms with Crippen LogP contribution in [0.5, 0.6) is 23.0 Å². The van der Waals surface area contributed by atoms with Gasteiger partial charge in [0.1, 0.15) is 0 Å². The third kappa shape index (κ3) is 2.29. The molecule has 2 aliphatic heterocycles. The molecule has 0 aliphatic carbocycles. The van der Waals surface area contributed by atoms with Gasteiger partial charge in [-0.15, -0.1) is 0 Å². The number of carbonyl (C=O) groups is 1. The molecule has 2 aliphatic rings. The van der Waals surface area contributed by atoms with Crippen molar-refractivity contribution in [2.24, 2.45) is 16.9 Å². The summed E-state index contributed by atoms with van der Waals surface area (Å²) in [4.78, 5) is 17.1. The Labute approximate surface area is 132 Å². The number of rotatable bonds is 4. The number of nitrogens with zero attached hydrogens (tertiary/aromatic N) is 1. The second-order valence-corrected chi connectivity index (χ2v) is 5.03. The average molecular weight is 323 g/mol. The maximum absolute atomic E-state index is 11.7. The minimum absolute atomic E-state index is 0.0940. The van der Waals surface area contributed by atoms with Gasteiger partial charge in [0.05, 0.1) is 20.1 Å². The number of fused-ring (bicyclic) bond motifs is 1. The lowest BCUT2D eigenvalue weighted by Crippen LogP contribution is -2.38. The first-order valence-corrected chi connectivity index (χ1v) is 6.91. The predicted octanol–water partition coefficient (Wildman–Crippen LogP) is 0.486. The summed E-state index contributed by atoms with van der Waals surface area (Å²) in [6, 6.07) is 1.74. The van der Waals surface area contributed by atoms with Gasteiger partial charge in [-0.1, -0.05) is 12.1 Å². The molecule has 0 spiro atoms. The van der Waals surface area contributed by atoms with E-state index in [0.29, 0.717) is 28.6 Å². The van der Waals surface area contributed by atoms with Gasteiger partial charge in [0.2, 0.25) is 18.3 Å². The van der Waals surface area contributed by atoms with E-state index in [1.165, 1.54) is 14.2 Å². The van der Waals surface area contributed by atoms with Crippen LogP contribution in [-0.2, 0) is 9.63 Å². The molecule has 0 saturated carbocycles. The maximum atomic E-state index is 11.7. The minimum atomic E-state index is -0.541. The van der Waals surface area contributed by atoms with E-state index in [9.17, 15) is 4.79 Å². The summed E-state index contributed by atoms with van der Waals surface area (Å²) in [6.07, 6.45) is -0.541. The highest BCUT2D eigenvalue weighted by molar-refractivity contribution is 6.39. The Balaban J connectivity index is 2.03.